The molecule has 0 unspecified atom stereocenters. The number of benzene rings is 2. The SMILES string of the molecule is NCCSc1c(N)cc(C(F)(F)F)cc1NC(=O)c1cn(C2CC2)c2cc(N3CCNCC3)c(F)cc2c1=O. The number of carbonyl (C=O) groups excluding carboxylic acids is 1. The molecular weight excluding hydrogens is 536 g/mol. The number of nitrogens with zero attached hydrogens (tertiary/aromatic N) is 2. The Morgan fingerprint density at radius 3 is 2.51 bits per heavy atom. The van der Waals surface area contributed by atoms with Gasteiger partial charge in [-0.3, -0.25) is 9.59 Å². The minimum absolute atomic E-state index is 0.0286. The molecular formula is C26H28F4N6O2S. The average molecular weight is 565 g/mol. The van der Waals surface area contributed by atoms with E-state index >= 15 is 4.39 Å². The number of nitrogen functional groups attached to an aromatic ring is 1. The van der Waals surface area contributed by atoms with E-state index in [2.05, 4.69) is 10.6 Å². The maximum Gasteiger partial charge on any atom is 0.416 e. The molecule has 1 aliphatic heterocycles. The molecule has 1 amide bonds. The van der Waals surface area contributed by atoms with E-state index in [4.69, 9.17) is 11.5 Å². The van der Waals surface area contributed by atoms with Crippen molar-refractivity contribution < 1.29 is 22.4 Å². The highest BCUT2D eigenvalue weighted by Gasteiger charge is 2.33. The number of nitrogens with two attached hydrogens (primary N) is 2. The number of carbonyl (C=O) groups is 1. The number of hydrogen-bond donors (Lipinski definition) is 4. The predicted molar refractivity (Wildman–Crippen MR) is 145 cm³/mol. The predicted octanol–water partition coefficient (Wildman–Crippen LogP) is 3.79. The second kappa shape index (κ2) is 10.7. The molecule has 1 saturated carbocycles. The number of piperazine rings is 1. The number of aromatic nitrogens is 1. The van der Waals surface area contributed by atoms with Crippen molar-refractivity contribution in [2.45, 2.75) is 30.0 Å². The van der Waals surface area contributed by atoms with Crippen LogP contribution in [-0.4, -0.2) is 49.0 Å². The Morgan fingerprint density at radius 2 is 1.87 bits per heavy atom. The number of pyridine rings is 1. The molecule has 3 aromatic rings. The van der Waals surface area contributed by atoms with Gasteiger partial charge in [0.2, 0.25) is 5.43 Å². The van der Waals surface area contributed by atoms with Crippen LogP contribution in [0.5, 0.6) is 0 Å². The van der Waals surface area contributed by atoms with E-state index in [1.54, 1.807) is 10.6 Å². The van der Waals surface area contributed by atoms with Gasteiger partial charge in [-0.25, -0.2) is 4.39 Å². The van der Waals surface area contributed by atoms with Crippen LogP contribution >= 0.6 is 11.8 Å². The van der Waals surface area contributed by atoms with Crippen molar-refractivity contribution in [1.82, 2.24) is 9.88 Å². The van der Waals surface area contributed by atoms with Crippen LogP contribution in [0.25, 0.3) is 10.9 Å². The fourth-order valence-electron chi connectivity index (χ4n) is 4.74. The lowest BCUT2D eigenvalue weighted by Crippen LogP contribution is -2.43. The highest BCUT2D eigenvalue weighted by molar-refractivity contribution is 7.99. The summed E-state index contributed by atoms with van der Waals surface area (Å²) in [5.74, 6) is -1.14. The molecule has 2 aliphatic rings. The molecule has 8 nitrogen and oxygen atoms in total. The molecule has 0 radical (unpaired) electrons. The first-order chi connectivity index (χ1) is 18.6. The Labute approximate surface area is 225 Å². The molecule has 0 bridgehead atoms. The minimum atomic E-state index is -4.70. The van der Waals surface area contributed by atoms with E-state index in [1.807, 2.05) is 4.90 Å². The van der Waals surface area contributed by atoms with Gasteiger partial charge in [0.1, 0.15) is 11.4 Å². The number of thioether (sulfide) groups is 1. The van der Waals surface area contributed by atoms with Crippen molar-refractivity contribution in [2.75, 3.05) is 54.4 Å². The number of halogens is 4. The number of amides is 1. The Hall–Kier alpha value is -3.29. The molecule has 1 aromatic heterocycles. The van der Waals surface area contributed by atoms with E-state index in [-0.39, 0.29) is 39.8 Å². The number of fused-ring (bicyclic) bond motifs is 1. The second-order valence-corrected chi connectivity index (χ2v) is 10.7. The standard InChI is InChI=1S/C26H28F4N6O2S/c27-18-11-16-21(12-22(18)35-6-4-33-5-7-35)36(15-1-2-15)13-17(23(16)37)25(38)34-20-10-14(26(28,29)30)9-19(32)24(20)39-8-3-31/h9-13,15,33H,1-8,31-32H2,(H,34,38). The average Bonchev–Trinajstić information content (AvgIpc) is 3.74. The van der Waals surface area contributed by atoms with Gasteiger partial charge in [0.25, 0.3) is 5.91 Å². The smallest absolute Gasteiger partial charge is 0.398 e. The Balaban J connectivity index is 1.58. The van der Waals surface area contributed by atoms with Crippen molar-refractivity contribution in [3.8, 4) is 0 Å². The van der Waals surface area contributed by atoms with Gasteiger partial charge < -0.3 is 31.6 Å². The van der Waals surface area contributed by atoms with Crippen molar-refractivity contribution in [1.29, 1.82) is 0 Å². The number of hydrogen-bond acceptors (Lipinski definition) is 7. The Kier molecular flexibility index (Phi) is 7.49. The van der Waals surface area contributed by atoms with E-state index in [1.165, 1.54) is 6.20 Å². The van der Waals surface area contributed by atoms with Gasteiger partial charge in [-0.2, -0.15) is 13.2 Å². The Morgan fingerprint density at radius 1 is 1.15 bits per heavy atom. The van der Waals surface area contributed by atoms with Crippen molar-refractivity contribution in [3.63, 3.8) is 0 Å². The molecule has 0 atom stereocenters. The lowest BCUT2D eigenvalue weighted by atomic mass is 10.1. The second-order valence-electron chi connectivity index (χ2n) is 9.60. The maximum atomic E-state index is 15.2. The van der Waals surface area contributed by atoms with E-state index in [0.29, 0.717) is 43.1 Å². The fourth-order valence-corrected chi connectivity index (χ4v) is 5.56. The van der Waals surface area contributed by atoms with Crippen molar-refractivity contribution >= 4 is 45.6 Å². The summed E-state index contributed by atoms with van der Waals surface area (Å²) in [5.41, 5.74) is 9.97. The zero-order valence-corrected chi connectivity index (χ0v) is 21.7. The topological polar surface area (TPSA) is 118 Å². The molecule has 1 aliphatic carbocycles. The van der Waals surface area contributed by atoms with Crippen molar-refractivity contribution in [2.24, 2.45) is 5.73 Å². The monoisotopic (exact) mass is 564 g/mol. The third-order valence-electron chi connectivity index (χ3n) is 6.80. The number of anilines is 3. The maximum absolute atomic E-state index is 15.2. The third-order valence-corrected chi connectivity index (χ3v) is 7.98. The first-order valence-corrected chi connectivity index (χ1v) is 13.6. The number of alkyl halides is 3. The number of nitrogens with one attached hydrogen (secondary N) is 2. The normalized spacial score (nSPS) is 16.1. The van der Waals surface area contributed by atoms with Gasteiger partial charge >= 0.3 is 6.18 Å². The summed E-state index contributed by atoms with van der Waals surface area (Å²) in [6.07, 6.45) is -1.64. The summed E-state index contributed by atoms with van der Waals surface area (Å²) in [5, 5.41) is 5.71. The highest BCUT2D eigenvalue weighted by Crippen LogP contribution is 2.41. The van der Waals surface area contributed by atoms with Crippen LogP contribution < -0.4 is 32.4 Å². The summed E-state index contributed by atoms with van der Waals surface area (Å²) in [6, 6.07) is 4.40. The van der Waals surface area contributed by atoms with E-state index in [0.717, 1.165) is 42.8 Å². The molecule has 2 heterocycles. The molecule has 1 saturated heterocycles. The molecule has 208 valence electrons. The van der Waals surface area contributed by atoms with Crippen molar-refractivity contribution in [3.05, 3.63) is 57.6 Å². The van der Waals surface area contributed by atoms with Crippen LogP contribution in [-0.2, 0) is 6.18 Å². The minimum Gasteiger partial charge on any atom is -0.398 e. The van der Waals surface area contributed by atoms with Gasteiger partial charge in [-0.15, -0.1) is 11.8 Å². The summed E-state index contributed by atoms with van der Waals surface area (Å²) in [4.78, 5) is 29.0. The molecule has 5 rings (SSSR count). The van der Waals surface area contributed by atoms with E-state index in [9.17, 15) is 22.8 Å². The Bertz CT molecular complexity index is 1480. The molecule has 39 heavy (non-hydrogen) atoms. The van der Waals surface area contributed by atoms with E-state index < -0.39 is 28.9 Å². The molecule has 2 aromatic carbocycles. The third kappa shape index (κ3) is 5.56. The fraction of sp³-hybridized carbons (Fsp3) is 0.385. The first-order valence-electron chi connectivity index (χ1n) is 12.6. The van der Waals surface area contributed by atoms with Crippen LogP contribution in [0.3, 0.4) is 0 Å². The lowest BCUT2D eigenvalue weighted by molar-refractivity contribution is -0.137. The molecule has 0 spiro atoms. The summed E-state index contributed by atoms with van der Waals surface area (Å²) >= 11 is 1.10. The van der Waals surface area contributed by atoms with Crippen LogP contribution in [0.15, 0.2) is 40.2 Å². The summed E-state index contributed by atoms with van der Waals surface area (Å²) in [7, 11) is 0. The lowest BCUT2D eigenvalue weighted by Gasteiger charge is -2.30. The van der Waals surface area contributed by atoms with Crippen LogP contribution in [0.1, 0.15) is 34.8 Å². The largest absolute Gasteiger partial charge is 0.416 e. The summed E-state index contributed by atoms with van der Waals surface area (Å²) in [6.45, 7) is 2.87. The van der Waals surface area contributed by atoms with Gasteiger partial charge in [0.15, 0.2) is 0 Å². The van der Waals surface area contributed by atoms with Crippen LogP contribution in [0.2, 0.25) is 0 Å². The molecule has 2 fully saturated rings. The molecule has 13 heteroatoms. The van der Waals surface area contributed by atoms with Crippen LogP contribution in [0.4, 0.5) is 34.6 Å². The van der Waals surface area contributed by atoms with Gasteiger partial charge in [0, 0.05) is 61.8 Å². The molecule has 6 N–H and O–H groups in total. The summed E-state index contributed by atoms with van der Waals surface area (Å²) < 4.78 is 57.5. The zero-order chi connectivity index (χ0) is 27.9. The first kappa shape index (κ1) is 27.3. The number of rotatable bonds is 7. The van der Waals surface area contributed by atoms with Gasteiger partial charge in [-0.05, 0) is 37.1 Å². The zero-order valence-electron chi connectivity index (χ0n) is 20.9. The quantitative estimate of drug-likeness (QED) is 0.196. The highest BCUT2D eigenvalue weighted by atomic mass is 32.2. The van der Waals surface area contributed by atoms with Gasteiger partial charge in [-0.1, -0.05) is 0 Å². The van der Waals surface area contributed by atoms with Crippen LogP contribution in [0, 0.1) is 5.82 Å². The van der Waals surface area contributed by atoms with Gasteiger partial charge in [0.05, 0.1) is 27.4 Å².